The van der Waals surface area contributed by atoms with Crippen molar-refractivity contribution in [3.8, 4) is 0 Å². The van der Waals surface area contributed by atoms with E-state index in [2.05, 4.69) is 16.4 Å². The van der Waals surface area contributed by atoms with E-state index in [1.807, 2.05) is 12.1 Å². The molecule has 1 atom stereocenters. The van der Waals surface area contributed by atoms with Crippen molar-refractivity contribution in [3.05, 3.63) is 23.2 Å². The van der Waals surface area contributed by atoms with Crippen LogP contribution in [0.5, 0.6) is 0 Å². The number of hydrogen-bond acceptors (Lipinski definition) is 4. The van der Waals surface area contributed by atoms with E-state index in [4.69, 9.17) is 5.73 Å². The van der Waals surface area contributed by atoms with Gasteiger partial charge in [0.2, 0.25) is 0 Å². The molecule has 4 heteroatoms. The lowest BCUT2D eigenvalue weighted by molar-refractivity contribution is 0.644. The van der Waals surface area contributed by atoms with Gasteiger partial charge in [-0.3, -0.25) is 0 Å². The molecule has 0 amide bonds. The van der Waals surface area contributed by atoms with E-state index in [9.17, 15) is 0 Å². The van der Waals surface area contributed by atoms with Crippen LogP contribution in [0.1, 0.15) is 23.9 Å². The number of anilines is 1. The Labute approximate surface area is 92.3 Å². The van der Waals surface area contributed by atoms with Crippen LogP contribution in [-0.2, 0) is 0 Å². The topological polar surface area (TPSA) is 50.9 Å². The van der Waals surface area contributed by atoms with Gasteiger partial charge in [0.05, 0.1) is 16.3 Å². The highest BCUT2D eigenvalue weighted by Gasteiger charge is 2.19. The molecule has 15 heavy (non-hydrogen) atoms. The molecule has 1 fully saturated rings. The molecule has 78 valence electrons. The molecule has 3 N–H and O–H groups in total. The predicted octanol–water partition coefficient (Wildman–Crippen LogP) is 2.30. The summed E-state index contributed by atoms with van der Waals surface area (Å²) in [6.45, 7) is 1.11. The summed E-state index contributed by atoms with van der Waals surface area (Å²) in [6.07, 6.45) is 2.46. The molecule has 0 radical (unpaired) electrons. The van der Waals surface area contributed by atoms with Crippen molar-refractivity contribution in [2.45, 2.75) is 18.9 Å². The van der Waals surface area contributed by atoms with E-state index in [-0.39, 0.29) is 0 Å². The van der Waals surface area contributed by atoms with Gasteiger partial charge in [-0.1, -0.05) is 0 Å². The zero-order valence-electron chi connectivity index (χ0n) is 8.36. The average Bonchev–Trinajstić information content (AvgIpc) is 2.84. The maximum absolute atomic E-state index is 5.74. The Hall–Kier alpha value is -1.13. The number of thiazole rings is 1. The largest absolute Gasteiger partial charge is 0.399 e. The lowest BCUT2D eigenvalue weighted by atomic mass is 10.2. The second kappa shape index (κ2) is 3.47. The van der Waals surface area contributed by atoms with Crippen LogP contribution in [-0.4, -0.2) is 11.5 Å². The number of aromatic nitrogens is 1. The Morgan fingerprint density at radius 3 is 3.20 bits per heavy atom. The first kappa shape index (κ1) is 9.12. The van der Waals surface area contributed by atoms with Gasteiger partial charge < -0.3 is 11.1 Å². The summed E-state index contributed by atoms with van der Waals surface area (Å²) in [5.41, 5.74) is 7.56. The number of nitrogen functional groups attached to an aromatic ring is 1. The van der Waals surface area contributed by atoms with Crippen LogP contribution in [0, 0.1) is 0 Å². The van der Waals surface area contributed by atoms with Crippen molar-refractivity contribution in [3.63, 3.8) is 0 Å². The number of nitrogens with two attached hydrogens (primary N) is 1. The van der Waals surface area contributed by atoms with Gasteiger partial charge in [-0.15, -0.1) is 11.3 Å². The predicted molar refractivity (Wildman–Crippen MR) is 64.0 cm³/mol. The number of fused-ring (bicyclic) bond motifs is 1. The fourth-order valence-corrected chi connectivity index (χ4v) is 3.06. The first-order valence-electron chi connectivity index (χ1n) is 5.22. The zero-order valence-corrected chi connectivity index (χ0v) is 9.18. The van der Waals surface area contributed by atoms with Crippen LogP contribution in [0.3, 0.4) is 0 Å². The van der Waals surface area contributed by atoms with Crippen molar-refractivity contribution in [2.24, 2.45) is 0 Å². The third kappa shape index (κ3) is 1.60. The average molecular weight is 219 g/mol. The summed E-state index contributed by atoms with van der Waals surface area (Å²) in [6, 6.07) is 6.40. The minimum absolute atomic E-state index is 0.462. The minimum atomic E-state index is 0.462. The number of nitrogens with one attached hydrogen (secondary N) is 1. The Kier molecular flexibility index (Phi) is 2.11. The van der Waals surface area contributed by atoms with E-state index in [0.717, 1.165) is 17.7 Å². The van der Waals surface area contributed by atoms with Crippen LogP contribution in [0.15, 0.2) is 18.2 Å². The summed E-state index contributed by atoms with van der Waals surface area (Å²) in [5, 5.41) is 4.67. The molecule has 1 aliphatic rings. The fraction of sp³-hybridized carbons (Fsp3) is 0.364. The van der Waals surface area contributed by atoms with Crippen LogP contribution < -0.4 is 11.1 Å². The molecule has 0 bridgehead atoms. The van der Waals surface area contributed by atoms with Gasteiger partial charge in [0.25, 0.3) is 0 Å². The summed E-state index contributed by atoms with van der Waals surface area (Å²) < 4.78 is 1.23. The van der Waals surface area contributed by atoms with Crippen molar-refractivity contribution < 1.29 is 0 Å². The summed E-state index contributed by atoms with van der Waals surface area (Å²) in [4.78, 5) is 4.63. The normalized spacial score (nSPS) is 21.2. The van der Waals surface area contributed by atoms with E-state index < -0.39 is 0 Å². The van der Waals surface area contributed by atoms with Crippen LogP contribution in [0.2, 0.25) is 0 Å². The van der Waals surface area contributed by atoms with Gasteiger partial charge >= 0.3 is 0 Å². The molecule has 2 heterocycles. The summed E-state index contributed by atoms with van der Waals surface area (Å²) >= 11 is 1.77. The molecule has 1 aromatic heterocycles. The monoisotopic (exact) mass is 219 g/mol. The molecule has 3 nitrogen and oxygen atoms in total. The third-order valence-corrected chi connectivity index (χ3v) is 3.94. The van der Waals surface area contributed by atoms with Crippen molar-refractivity contribution in [1.29, 1.82) is 0 Å². The fourth-order valence-electron chi connectivity index (χ4n) is 2.01. The standard InChI is InChI=1S/C11H13N3S/c12-7-3-4-10-9(6-7)14-11(15-10)8-2-1-5-13-8/h3-4,6,8,13H,1-2,5,12H2/t8-/m0/s1. The molecule has 1 saturated heterocycles. The molecule has 0 aliphatic carbocycles. The number of rotatable bonds is 1. The first-order valence-corrected chi connectivity index (χ1v) is 6.04. The smallest absolute Gasteiger partial charge is 0.111 e. The van der Waals surface area contributed by atoms with E-state index in [0.29, 0.717) is 6.04 Å². The summed E-state index contributed by atoms with van der Waals surface area (Å²) in [7, 11) is 0. The molecule has 0 spiro atoms. The van der Waals surface area contributed by atoms with Crippen LogP contribution in [0.4, 0.5) is 5.69 Å². The van der Waals surface area contributed by atoms with E-state index >= 15 is 0 Å². The molecule has 1 aliphatic heterocycles. The van der Waals surface area contributed by atoms with E-state index in [1.54, 1.807) is 11.3 Å². The zero-order chi connectivity index (χ0) is 10.3. The Morgan fingerprint density at radius 1 is 1.47 bits per heavy atom. The highest BCUT2D eigenvalue weighted by molar-refractivity contribution is 7.18. The lowest BCUT2D eigenvalue weighted by Gasteiger charge is -2.03. The van der Waals surface area contributed by atoms with Crippen LogP contribution >= 0.6 is 11.3 Å². The third-order valence-electron chi connectivity index (χ3n) is 2.79. The van der Waals surface area contributed by atoms with Crippen LogP contribution in [0.25, 0.3) is 10.2 Å². The molecule has 0 unspecified atom stereocenters. The Morgan fingerprint density at radius 2 is 2.40 bits per heavy atom. The van der Waals surface area contributed by atoms with Gasteiger partial charge in [-0.05, 0) is 37.6 Å². The maximum Gasteiger partial charge on any atom is 0.111 e. The van der Waals surface area contributed by atoms with Crippen molar-refractivity contribution >= 4 is 27.2 Å². The summed E-state index contributed by atoms with van der Waals surface area (Å²) in [5.74, 6) is 0. The number of hydrogen-bond donors (Lipinski definition) is 2. The number of nitrogens with zero attached hydrogens (tertiary/aromatic N) is 1. The highest BCUT2D eigenvalue weighted by atomic mass is 32.1. The first-order chi connectivity index (χ1) is 7.33. The quantitative estimate of drug-likeness (QED) is 0.724. The molecule has 2 aromatic rings. The Balaban J connectivity index is 2.05. The van der Waals surface area contributed by atoms with Gasteiger partial charge in [0.15, 0.2) is 0 Å². The number of benzene rings is 1. The Bertz CT molecular complexity index is 486. The molecular weight excluding hydrogens is 206 g/mol. The second-order valence-electron chi connectivity index (χ2n) is 3.93. The minimum Gasteiger partial charge on any atom is -0.399 e. The van der Waals surface area contributed by atoms with Gasteiger partial charge in [0.1, 0.15) is 5.01 Å². The highest BCUT2D eigenvalue weighted by Crippen LogP contribution is 2.31. The maximum atomic E-state index is 5.74. The van der Waals surface area contributed by atoms with Crippen molar-refractivity contribution in [1.82, 2.24) is 10.3 Å². The van der Waals surface area contributed by atoms with Crippen molar-refractivity contribution in [2.75, 3.05) is 12.3 Å². The lowest BCUT2D eigenvalue weighted by Crippen LogP contribution is -2.12. The SMILES string of the molecule is Nc1ccc2sc([C@@H]3CCCN3)nc2c1. The van der Waals surface area contributed by atoms with Gasteiger partial charge in [0, 0.05) is 5.69 Å². The second-order valence-corrected chi connectivity index (χ2v) is 4.99. The molecule has 0 saturated carbocycles. The molecule has 1 aromatic carbocycles. The van der Waals surface area contributed by atoms with Gasteiger partial charge in [-0.2, -0.15) is 0 Å². The van der Waals surface area contributed by atoms with E-state index in [1.165, 1.54) is 22.5 Å². The molecule has 3 rings (SSSR count). The molecular formula is C11H13N3S. The van der Waals surface area contributed by atoms with Gasteiger partial charge in [-0.25, -0.2) is 4.98 Å².